The Morgan fingerprint density at radius 2 is 1.84 bits per heavy atom. The van der Waals surface area contributed by atoms with E-state index in [4.69, 9.17) is 14.3 Å². The molecule has 31 heavy (non-hydrogen) atoms. The van der Waals surface area contributed by atoms with Crippen molar-refractivity contribution in [1.82, 2.24) is 24.5 Å². The monoisotopic (exact) mass is 453 g/mol. The van der Waals surface area contributed by atoms with Crippen LogP contribution in [0.5, 0.6) is 11.8 Å². The van der Waals surface area contributed by atoms with Crippen LogP contribution in [0, 0.1) is 6.92 Å². The van der Waals surface area contributed by atoms with E-state index in [1.807, 2.05) is 18.6 Å². The molecule has 0 aliphatic carbocycles. The second kappa shape index (κ2) is 8.02. The first kappa shape index (κ1) is 22.3. The number of nitrogens with one attached hydrogen (secondary N) is 2. The van der Waals surface area contributed by atoms with E-state index in [0.717, 1.165) is 0 Å². The number of aromatic nitrogens is 4. The molecule has 0 atom stereocenters. The molecule has 0 aromatic carbocycles. The fourth-order valence-corrected chi connectivity index (χ4v) is 4.34. The number of anilines is 1. The molecule has 0 spiro atoms. The smallest absolute Gasteiger partial charge is 0.335 e. The molecule has 1 aliphatic heterocycles. The van der Waals surface area contributed by atoms with Crippen molar-refractivity contribution in [2.24, 2.45) is 12.2 Å². The number of sulfonamides is 1. The first-order valence-electron chi connectivity index (χ1n) is 9.05. The number of amides is 2. The molecule has 13 nitrogen and oxygen atoms in total. The minimum Gasteiger partial charge on any atom is -0.481 e. The van der Waals surface area contributed by atoms with Gasteiger partial charge in [0, 0.05) is 13.5 Å². The van der Waals surface area contributed by atoms with E-state index in [2.05, 4.69) is 25.5 Å². The van der Waals surface area contributed by atoms with E-state index in [1.165, 1.54) is 32.0 Å². The lowest BCUT2D eigenvalue weighted by Gasteiger charge is -2.14. The Balaban J connectivity index is 1.88. The van der Waals surface area contributed by atoms with E-state index in [0.29, 0.717) is 17.8 Å². The quantitative estimate of drug-likeness (QED) is 0.649. The van der Waals surface area contributed by atoms with Gasteiger partial charge in [0.15, 0.2) is 5.03 Å². The standard InChI is InChI=1S/C17H23N7O6S/c1-9-13(10-8-17(2,3)30-22-10)14(24(4)21-9)31(26,27)23-16(25)20-15-18-11(28-5)7-12(19-15)29-6/h7H,8H2,1-6H3,(H2,18,19,20,23,25). The molecule has 0 radical (unpaired) electrons. The topological polar surface area (TPSA) is 159 Å². The molecule has 0 bridgehead atoms. The van der Waals surface area contributed by atoms with Crippen LogP contribution in [0.4, 0.5) is 10.7 Å². The third-order valence-electron chi connectivity index (χ3n) is 4.26. The fourth-order valence-electron chi connectivity index (χ4n) is 3.02. The van der Waals surface area contributed by atoms with Gasteiger partial charge in [-0.05, 0) is 20.8 Å². The maximum Gasteiger partial charge on any atom is 0.335 e. The average Bonchev–Trinajstić information content (AvgIpc) is 3.18. The normalized spacial score (nSPS) is 15.1. The van der Waals surface area contributed by atoms with Crippen LogP contribution in [0.3, 0.4) is 0 Å². The third-order valence-corrected chi connectivity index (χ3v) is 5.69. The summed E-state index contributed by atoms with van der Waals surface area (Å²) >= 11 is 0. The summed E-state index contributed by atoms with van der Waals surface area (Å²) in [7, 11) is -0.135. The highest BCUT2D eigenvalue weighted by atomic mass is 32.2. The molecular formula is C17H23N7O6S. The Bertz CT molecular complexity index is 1130. The minimum atomic E-state index is -4.34. The summed E-state index contributed by atoms with van der Waals surface area (Å²) in [5.41, 5.74) is 0.570. The van der Waals surface area contributed by atoms with Crippen molar-refractivity contribution in [3.63, 3.8) is 0 Å². The van der Waals surface area contributed by atoms with Crippen molar-refractivity contribution < 1.29 is 27.5 Å². The van der Waals surface area contributed by atoms with Crippen LogP contribution in [-0.2, 0) is 21.9 Å². The maximum atomic E-state index is 13.0. The van der Waals surface area contributed by atoms with Crippen LogP contribution in [-0.4, -0.2) is 59.7 Å². The molecule has 3 heterocycles. The lowest BCUT2D eigenvalue weighted by atomic mass is 9.98. The van der Waals surface area contributed by atoms with Gasteiger partial charge in [0.2, 0.25) is 17.7 Å². The van der Waals surface area contributed by atoms with Crippen molar-refractivity contribution >= 4 is 27.7 Å². The highest BCUT2D eigenvalue weighted by Crippen LogP contribution is 2.30. The van der Waals surface area contributed by atoms with Crippen molar-refractivity contribution in [2.75, 3.05) is 19.5 Å². The van der Waals surface area contributed by atoms with Gasteiger partial charge in [0.25, 0.3) is 10.0 Å². The van der Waals surface area contributed by atoms with Gasteiger partial charge in [-0.25, -0.2) is 9.52 Å². The Morgan fingerprint density at radius 3 is 2.35 bits per heavy atom. The van der Waals surface area contributed by atoms with Crippen LogP contribution in [0.15, 0.2) is 16.2 Å². The number of methoxy groups -OCH3 is 2. The van der Waals surface area contributed by atoms with Gasteiger partial charge in [-0.15, -0.1) is 0 Å². The summed E-state index contributed by atoms with van der Waals surface area (Å²) in [4.78, 5) is 25.6. The number of hydrogen-bond acceptors (Lipinski definition) is 10. The number of hydrogen-bond donors (Lipinski definition) is 2. The number of aryl methyl sites for hydroxylation is 2. The molecule has 2 amide bonds. The van der Waals surface area contributed by atoms with Crippen molar-refractivity contribution in [1.29, 1.82) is 0 Å². The number of carbonyl (C=O) groups is 1. The van der Waals surface area contributed by atoms with E-state index >= 15 is 0 Å². The van der Waals surface area contributed by atoms with Crippen molar-refractivity contribution in [2.45, 2.75) is 37.8 Å². The molecule has 2 aromatic rings. The second-order valence-electron chi connectivity index (χ2n) is 7.29. The van der Waals surface area contributed by atoms with E-state index < -0.39 is 21.7 Å². The van der Waals surface area contributed by atoms with Crippen LogP contribution < -0.4 is 19.5 Å². The highest BCUT2D eigenvalue weighted by Gasteiger charge is 2.36. The molecule has 0 saturated carbocycles. The molecule has 0 unspecified atom stereocenters. The van der Waals surface area contributed by atoms with Gasteiger partial charge >= 0.3 is 6.03 Å². The zero-order valence-corrected chi connectivity index (χ0v) is 18.7. The van der Waals surface area contributed by atoms with Crippen molar-refractivity contribution in [3.8, 4) is 11.8 Å². The van der Waals surface area contributed by atoms with Gasteiger partial charge in [0.1, 0.15) is 5.60 Å². The first-order valence-corrected chi connectivity index (χ1v) is 10.5. The largest absolute Gasteiger partial charge is 0.481 e. The summed E-state index contributed by atoms with van der Waals surface area (Å²) in [5, 5.41) is 10.2. The van der Waals surface area contributed by atoms with Crippen LogP contribution in [0.2, 0.25) is 0 Å². The van der Waals surface area contributed by atoms with Gasteiger partial charge in [-0.3, -0.25) is 10.00 Å². The third kappa shape index (κ3) is 4.68. The molecule has 14 heteroatoms. The Labute approximate surface area is 178 Å². The summed E-state index contributed by atoms with van der Waals surface area (Å²) in [6.45, 7) is 5.31. The molecule has 1 aliphatic rings. The number of carbonyl (C=O) groups excluding carboxylic acids is 1. The number of urea groups is 1. The van der Waals surface area contributed by atoms with Gasteiger partial charge in [-0.1, -0.05) is 5.16 Å². The number of ether oxygens (including phenoxy) is 2. The minimum absolute atomic E-state index is 0.122. The zero-order valence-electron chi connectivity index (χ0n) is 17.9. The molecule has 3 rings (SSSR count). The predicted octanol–water partition coefficient (Wildman–Crippen LogP) is 0.949. The predicted molar refractivity (Wildman–Crippen MR) is 109 cm³/mol. The lowest BCUT2D eigenvalue weighted by molar-refractivity contribution is 0.0123. The first-order chi connectivity index (χ1) is 14.5. The molecular weight excluding hydrogens is 430 g/mol. The van der Waals surface area contributed by atoms with Gasteiger partial charge < -0.3 is 14.3 Å². The Kier molecular flexibility index (Phi) is 5.76. The fraction of sp³-hybridized carbons (Fsp3) is 0.471. The maximum absolute atomic E-state index is 13.0. The second-order valence-corrected chi connectivity index (χ2v) is 8.89. The number of nitrogens with zero attached hydrogens (tertiary/aromatic N) is 5. The van der Waals surface area contributed by atoms with Gasteiger partial charge in [-0.2, -0.15) is 23.5 Å². The Hall–Kier alpha value is -3.42. The SMILES string of the molecule is COc1cc(OC)nc(NC(=O)NS(=O)(=O)c2c(C3=NOC(C)(C)C3)c(C)nn2C)n1. The summed E-state index contributed by atoms with van der Waals surface area (Å²) in [5.74, 6) is 0.0356. The zero-order chi connectivity index (χ0) is 23.0. The molecule has 2 aromatic heterocycles. The molecule has 0 saturated heterocycles. The van der Waals surface area contributed by atoms with Crippen molar-refractivity contribution in [3.05, 3.63) is 17.3 Å². The summed E-state index contributed by atoms with van der Waals surface area (Å²) < 4.78 is 39.2. The Morgan fingerprint density at radius 1 is 1.23 bits per heavy atom. The van der Waals surface area contributed by atoms with E-state index in [1.54, 1.807) is 6.92 Å². The van der Waals surface area contributed by atoms with E-state index in [-0.39, 0.29) is 28.3 Å². The summed E-state index contributed by atoms with van der Waals surface area (Å²) in [6.07, 6.45) is 0.381. The molecule has 2 N–H and O–H groups in total. The average molecular weight is 453 g/mol. The van der Waals surface area contributed by atoms with Crippen LogP contribution in [0.25, 0.3) is 0 Å². The highest BCUT2D eigenvalue weighted by molar-refractivity contribution is 7.90. The lowest BCUT2D eigenvalue weighted by Crippen LogP contribution is -2.36. The van der Waals surface area contributed by atoms with Crippen LogP contribution >= 0.6 is 0 Å². The van der Waals surface area contributed by atoms with E-state index in [9.17, 15) is 13.2 Å². The summed E-state index contributed by atoms with van der Waals surface area (Å²) in [6, 6.07) is 0.321. The number of rotatable bonds is 6. The molecule has 168 valence electrons. The molecule has 0 fully saturated rings. The number of oxime groups is 1. The van der Waals surface area contributed by atoms with Crippen LogP contribution in [0.1, 0.15) is 31.5 Å². The van der Waals surface area contributed by atoms with Gasteiger partial charge in [0.05, 0.1) is 37.3 Å².